The Morgan fingerprint density at radius 2 is 1.95 bits per heavy atom. The van der Waals surface area contributed by atoms with Gasteiger partial charge in [0.2, 0.25) is 0 Å². The van der Waals surface area contributed by atoms with Gasteiger partial charge in [-0.3, -0.25) is 0 Å². The van der Waals surface area contributed by atoms with Gasteiger partial charge in [0.1, 0.15) is 5.82 Å². The van der Waals surface area contributed by atoms with Crippen LogP contribution in [-0.2, 0) is 11.0 Å². The maximum Gasteiger partial charge on any atom is 0.126 e. The van der Waals surface area contributed by atoms with Gasteiger partial charge >= 0.3 is 0 Å². The quantitative estimate of drug-likeness (QED) is 0.902. The maximum atomic E-state index is 13.2. The largest absolute Gasteiger partial charge is 0.242 e. The molecule has 1 unspecified atom stereocenters. The molecule has 19 heavy (non-hydrogen) atoms. The van der Waals surface area contributed by atoms with E-state index in [4.69, 9.17) is 0 Å². The summed E-state index contributed by atoms with van der Waals surface area (Å²) in [6.45, 7) is 9.55. The van der Waals surface area contributed by atoms with Gasteiger partial charge in [-0.05, 0) is 51.3 Å². The summed E-state index contributed by atoms with van der Waals surface area (Å²) in [5.41, 5.74) is 1.60. The standard InChI is InChI=1S/C14H22FNOS.H2S/c1-6-13(16-18(17)14(3,4)5)11-7-8-12(15)10(2)9-11;/h7-9,13,16H,6H2,1-5H3;1H2/t13-,18?;/m1./s1. The van der Waals surface area contributed by atoms with Crippen molar-refractivity contribution in [2.24, 2.45) is 0 Å². The highest BCUT2D eigenvalue weighted by Gasteiger charge is 2.23. The Hall–Kier alpha value is -0.390. The van der Waals surface area contributed by atoms with Crippen LogP contribution >= 0.6 is 13.5 Å². The molecule has 0 heterocycles. The smallest absolute Gasteiger partial charge is 0.126 e. The summed E-state index contributed by atoms with van der Waals surface area (Å²) in [7, 11) is -1.12. The van der Waals surface area contributed by atoms with Crippen LogP contribution in [0.15, 0.2) is 18.2 Å². The molecule has 110 valence electrons. The number of halogens is 1. The zero-order chi connectivity index (χ0) is 13.9. The first-order chi connectivity index (χ1) is 8.25. The Labute approximate surface area is 125 Å². The van der Waals surface area contributed by atoms with Gasteiger partial charge in [-0.25, -0.2) is 13.3 Å². The molecule has 2 nitrogen and oxygen atoms in total. The SMILES string of the molecule is CC[C@@H](NS(=O)C(C)(C)C)c1ccc(F)c(C)c1.S. The maximum absolute atomic E-state index is 13.2. The van der Waals surface area contributed by atoms with Gasteiger partial charge in [0.15, 0.2) is 0 Å². The molecule has 5 heteroatoms. The average molecular weight is 305 g/mol. The van der Waals surface area contributed by atoms with Crippen LogP contribution in [0.25, 0.3) is 0 Å². The first-order valence-corrected chi connectivity index (χ1v) is 7.34. The minimum atomic E-state index is -1.12. The Bertz CT molecular complexity index is 444. The minimum Gasteiger partial charge on any atom is -0.242 e. The Morgan fingerprint density at radius 3 is 2.37 bits per heavy atom. The second-order valence-electron chi connectivity index (χ2n) is 5.47. The molecule has 1 N–H and O–H groups in total. The highest BCUT2D eigenvalue weighted by atomic mass is 32.2. The molecule has 0 fully saturated rings. The normalized spacial score (nSPS) is 14.6. The highest BCUT2D eigenvalue weighted by Crippen LogP contribution is 2.22. The third-order valence-electron chi connectivity index (χ3n) is 2.80. The summed E-state index contributed by atoms with van der Waals surface area (Å²) in [5.74, 6) is -0.203. The van der Waals surface area contributed by atoms with Gasteiger partial charge < -0.3 is 0 Å². The highest BCUT2D eigenvalue weighted by molar-refractivity contribution is 7.84. The van der Waals surface area contributed by atoms with Crippen molar-refractivity contribution in [2.45, 2.75) is 51.8 Å². The van der Waals surface area contributed by atoms with E-state index in [1.807, 2.05) is 33.8 Å². The molecule has 2 atom stereocenters. The number of aryl methyl sites for hydroxylation is 1. The van der Waals surface area contributed by atoms with Crippen molar-refractivity contribution < 1.29 is 8.60 Å². The fourth-order valence-electron chi connectivity index (χ4n) is 1.58. The van der Waals surface area contributed by atoms with Gasteiger partial charge in [-0.2, -0.15) is 13.5 Å². The lowest BCUT2D eigenvalue weighted by atomic mass is 10.0. The molecule has 0 aliphatic carbocycles. The van der Waals surface area contributed by atoms with Crippen molar-refractivity contribution in [3.05, 3.63) is 35.1 Å². The number of hydrogen-bond donors (Lipinski definition) is 1. The molecule has 0 aromatic heterocycles. The van der Waals surface area contributed by atoms with Crippen LogP contribution in [0.2, 0.25) is 0 Å². The molecule has 0 amide bonds. The van der Waals surface area contributed by atoms with Gasteiger partial charge in [-0.15, -0.1) is 0 Å². The molecule has 0 saturated carbocycles. The van der Waals surface area contributed by atoms with Crippen molar-refractivity contribution in [3.8, 4) is 0 Å². The fraction of sp³-hybridized carbons (Fsp3) is 0.571. The summed E-state index contributed by atoms with van der Waals surface area (Å²) in [6, 6.07) is 5.03. The molecule has 1 rings (SSSR count). The number of hydrogen-bond acceptors (Lipinski definition) is 1. The lowest BCUT2D eigenvalue weighted by Crippen LogP contribution is -2.35. The van der Waals surface area contributed by atoms with E-state index in [-0.39, 0.29) is 30.1 Å². The van der Waals surface area contributed by atoms with E-state index in [0.29, 0.717) is 5.56 Å². The number of nitrogens with one attached hydrogen (secondary N) is 1. The molecular formula is C14H24FNOS2. The summed E-state index contributed by atoms with van der Waals surface area (Å²) in [4.78, 5) is 0. The fourth-order valence-corrected chi connectivity index (χ4v) is 2.49. The monoisotopic (exact) mass is 305 g/mol. The first kappa shape index (κ1) is 18.6. The Balaban J connectivity index is 0.00000324. The van der Waals surface area contributed by atoms with E-state index in [2.05, 4.69) is 4.72 Å². The third-order valence-corrected chi connectivity index (χ3v) is 4.41. The zero-order valence-electron chi connectivity index (χ0n) is 12.2. The summed E-state index contributed by atoms with van der Waals surface area (Å²) < 4.78 is 28.1. The van der Waals surface area contributed by atoms with E-state index in [9.17, 15) is 8.60 Å². The summed E-state index contributed by atoms with van der Waals surface area (Å²) in [5, 5.41) is 0. The van der Waals surface area contributed by atoms with Crippen molar-refractivity contribution >= 4 is 24.5 Å². The second-order valence-corrected chi connectivity index (χ2v) is 7.47. The van der Waals surface area contributed by atoms with Crippen LogP contribution < -0.4 is 4.72 Å². The van der Waals surface area contributed by atoms with Crippen LogP contribution in [0, 0.1) is 12.7 Å². The van der Waals surface area contributed by atoms with E-state index < -0.39 is 11.0 Å². The van der Waals surface area contributed by atoms with Gasteiger partial charge in [0.25, 0.3) is 0 Å². The Morgan fingerprint density at radius 1 is 1.37 bits per heavy atom. The summed E-state index contributed by atoms with van der Waals surface area (Å²) in [6.07, 6.45) is 0.812. The predicted octanol–water partition coefficient (Wildman–Crippen LogP) is 3.75. The topological polar surface area (TPSA) is 29.1 Å². The minimum absolute atomic E-state index is 0. The first-order valence-electron chi connectivity index (χ1n) is 6.19. The number of benzene rings is 1. The molecule has 0 spiro atoms. The van der Waals surface area contributed by atoms with Crippen molar-refractivity contribution in [1.29, 1.82) is 0 Å². The van der Waals surface area contributed by atoms with Gasteiger partial charge in [-0.1, -0.05) is 19.1 Å². The van der Waals surface area contributed by atoms with Crippen molar-refractivity contribution in [2.75, 3.05) is 0 Å². The molecule has 0 radical (unpaired) electrons. The molecule has 1 aromatic carbocycles. The average Bonchev–Trinajstić information content (AvgIpc) is 2.28. The van der Waals surface area contributed by atoms with E-state index in [1.54, 1.807) is 13.0 Å². The lowest BCUT2D eigenvalue weighted by molar-refractivity contribution is 0.584. The van der Waals surface area contributed by atoms with E-state index in [1.165, 1.54) is 6.07 Å². The van der Waals surface area contributed by atoms with E-state index in [0.717, 1.165) is 12.0 Å². The van der Waals surface area contributed by atoms with Crippen LogP contribution in [0.1, 0.15) is 51.3 Å². The molecule has 0 aliphatic heterocycles. The summed E-state index contributed by atoms with van der Waals surface area (Å²) >= 11 is 0. The third kappa shape index (κ3) is 5.24. The van der Waals surface area contributed by atoms with Crippen molar-refractivity contribution in [3.63, 3.8) is 0 Å². The molecule has 0 saturated heterocycles. The van der Waals surface area contributed by atoms with Crippen LogP contribution in [0.3, 0.4) is 0 Å². The lowest BCUT2D eigenvalue weighted by Gasteiger charge is -2.24. The van der Waals surface area contributed by atoms with Crippen LogP contribution in [0.4, 0.5) is 4.39 Å². The zero-order valence-corrected chi connectivity index (χ0v) is 14.0. The van der Waals surface area contributed by atoms with Crippen LogP contribution in [0.5, 0.6) is 0 Å². The molecule has 1 aromatic rings. The molecule has 0 aliphatic rings. The molecular weight excluding hydrogens is 281 g/mol. The van der Waals surface area contributed by atoms with Crippen molar-refractivity contribution in [1.82, 2.24) is 4.72 Å². The van der Waals surface area contributed by atoms with Gasteiger partial charge in [0, 0.05) is 6.04 Å². The van der Waals surface area contributed by atoms with Crippen LogP contribution in [-0.4, -0.2) is 8.96 Å². The molecule has 0 bridgehead atoms. The predicted molar refractivity (Wildman–Crippen MR) is 85.6 cm³/mol. The number of rotatable bonds is 4. The second kappa shape index (κ2) is 7.41. The Kier molecular flexibility index (Phi) is 7.26. The van der Waals surface area contributed by atoms with Gasteiger partial charge in [0.05, 0.1) is 15.7 Å². The van der Waals surface area contributed by atoms with E-state index >= 15 is 0 Å².